The summed E-state index contributed by atoms with van der Waals surface area (Å²) >= 11 is 0. The molecule has 4 heteroatoms. The Morgan fingerprint density at radius 1 is 1.13 bits per heavy atom. The van der Waals surface area contributed by atoms with Crippen LogP contribution in [0.15, 0.2) is 0 Å². The topological polar surface area (TPSA) is 32.3 Å². The summed E-state index contributed by atoms with van der Waals surface area (Å²) in [6.45, 7) is 13.2. The average molecular weight is 234 g/mol. The molecule has 0 bridgehead atoms. The molecular weight excluding hydrogens is 208 g/mol. The first-order valence-corrected chi connectivity index (χ1v) is 5.37. The lowest BCUT2D eigenvalue weighted by molar-refractivity contribution is -0.119. The van der Waals surface area contributed by atoms with Crippen molar-refractivity contribution in [3.05, 3.63) is 0 Å². The second kappa shape index (κ2) is 7.99. The lowest BCUT2D eigenvalue weighted by Gasteiger charge is -2.32. The van der Waals surface area contributed by atoms with Gasteiger partial charge in [0.25, 0.3) is 0 Å². The minimum absolute atomic E-state index is 0. The van der Waals surface area contributed by atoms with Gasteiger partial charge in [0.1, 0.15) is 0 Å². The minimum Gasteiger partial charge on any atom is -0.353 e. The molecule has 0 aliphatic rings. The van der Waals surface area contributed by atoms with Gasteiger partial charge in [0.05, 0.1) is 0 Å². The SMILES string of the molecule is CC(=O)N[C@@H](C)CN(C(C)C)C(C)C.S. The largest absolute Gasteiger partial charge is 0.353 e. The van der Waals surface area contributed by atoms with E-state index in [9.17, 15) is 4.79 Å². The number of rotatable bonds is 5. The van der Waals surface area contributed by atoms with Crippen LogP contribution in [0.4, 0.5) is 0 Å². The Bertz CT molecular complexity index is 175. The molecule has 0 radical (unpaired) electrons. The first kappa shape index (κ1) is 17.2. The summed E-state index contributed by atoms with van der Waals surface area (Å²) in [5.41, 5.74) is 0. The highest BCUT2D eigenvalue weighted by Gasteiger charge is 2.16. The summed E-state index contributed by atoms with van der Waals surface area (Å²) in [6.07, 6.45) is 0. The van der Waals surface area contributed by atoms with E-state index in [4.69, 9.17) is 0 Å². The number of carbonyl (C=O) groups excluding carboxylic acids is 1. The second-order valence-corrected chi connectivity index (χ2v) is 4.49. The van der Waals surface area contributed by atoms with Crippen molar-refractivity contribution in [1.29, 1.82) is 0 Å². The minimum atomic E-state index is 0. The van der Waals surface area contributed by atoms with Gasteiger partial charge in [-0.1, -0.05) is 0 Å². The molecule has 92 valence electrons. The highest BCUT2D eigenvalue weighted by molar-refractivity contribution is 7.59. The predicted octanol–water partition coefficient (Wildman–Crippen LogP) is 1.74. The van der Waals surface area contributed by atoms with Crippen molar-refractivity contribution in [2.75, 3.05) is 6.54 Å². The maximum atomic E-state index is 10.8. The molecule has 1 atom stereocenters. The number of nitrogens with one attached hydrogen (secondary N) is 1. The molecule has 3 nitrogen and oxygen atoms in total. The van der Waals surface area contributed by atoms with Crippen LogP contribution < -0.4 is 5.32 Å². The molecular formula is C11H26N2OS. The van der Waals surface area contributed by atoms with E-state index in [1.165, 1.54) is 0 Å². The molecule has 0 saturated heterocycles. The van der Waals surface area contributed by atoms with Crippen LogP contribution in [0.25, 0.3) is 0 Å². The summed E-state index contributed by atoms with van der Waals surface area (Å²) in [5.74, 6) is 0.0463. The number of carbonyl (C=O) groups is 1. The molecule has 0 unspecified atom stereocenters. The van der Waals surface area contributed by atoms with E-state index in [2.05, 4.69) is 37.9 Å². The first-order valence-electron chi connectivity index (χ1n) is 5.37. The van der Waals surface area contributed by atoms with Crippen molar-refractivity contribution in [2.45, 2.75) is 59.7 Å². The van der Waals surface area contributed by atoms with Crippen molar-refractivity contribution in [1.82, 2.24) is 10.2 Å². The van der Waals surface area contributed by atoms with Gasteiger partial charge in [-0.2, -0.15) is 13.5 Å². The van der Waals surface area contributed by atoms with Gasteiger partial charge in [-0.3, -0.25) is 9.69 Å². The molecule has 0 aliphatic heterocycles. The third kappa shape index (κ3) is 7.68. The van der Waals surface area contributed by atoms with E-state index >= 15 is 0 Å². The summed E-state index contributed by atoms with van der Waals surface area (Å²) < 4.78 is 0. The van der Waals surface area contributed by atoms with Crippen LogP contribution in [0.1, 0.15) is 41.5 Å². The Hall–Kier alpha value is -0.220. The maximum absolute atomic E-state index is 10.8. The third-order valence-electron chi connectivity index (χ3n) is 2.26. The Labute approximate surface area is 101 Å². The van der Waals surface area contributed by atoms with Gasteiger partial charge in [-0.05, 0) is 34.6 Å². The number of nitrogens with zero attached hydrogens (tertiary/aromatic N) is 1. The Balaban J connectivity index is 0. The fourth-order valence-electron chi connectivity index (χ4n) is 1.73. The Morgan fingerprint density at radius 2 is 1.53 bits per heavy atom. The monoisotopic (exact) mass is 234 g/mol. The van der Waals surface area contributed by atoms with Crippen molar-refractivity contribution >= 4 is 19.4 Å². The zero-order chi connectivity index (χ0) is 11.3. The zero-order valence-corrected chi connectivity index (χ0v) is 11.8. The average Bonchev–Trinajstić information content (AvgIpc) is 1.97. The highest BCUT2D eigenvalue weighted by atomic mass is 32.1. The zero-order valence-electron chi connectivity index (χ0n) is 10.8. The van der Waals surface area contributed by atoms with Crippen LogP contribution in [-0.4, -0.2) is 35.5 Å². The third-order valence-corrected chi connectivity index (χ3v) is 2.26. The van der Waals surface area contributed by atoms with Crippen LogP contribution in [0.3, 0.4) is 0 Å². The molecule has 1 amide bonds. The lowest BCUT2D eigenvalue weighted by atomic mass is 10.2. The maximum Gasteiger partial charge on any atom is 0.217 e. The van der Waals surface area contributed by atoms with Crippen LogP contribution in [0.2, 0.25) is 0 Å². The van der Waals surface area contributed by atoms with Crippen molar-refractivity contribution in [2.24, 2.45) is 0 Å². The van der Waals surface area contributed by atoms with E-state index in [0.717, 1.165) is 6.54 Å². The molecule has 0 aromatic heterocycles. The van der Waals surface area contributed by atoms with Gasteiger partial charge in [0, 0.05) is 31.6 Å². The molecule has 15 heavy (non-hydrogen) atoms. The smallest absolute Gasteiger partial charge is 0.217 e. The molecule has 0 saturated carbocycles. The van der Waals surface area contributed by atoms with Crippen molar-refractivity contribution in [3.8, 4) is 0 Å². The first-order chi connectivity index (χ1) is 6.34. The molecule has 0 aliphatic carbocycles. The Kier molecular flexibility index (Phi) is 9.16. The van der Waals surface area contributed by atoms with E-state index in [0.29, 0.717) is 12.1 Å². The van der Waals surface area contributed by atoms with E-state index < -0.39 is 0 Å². The molecule has 0 spiro atoms. The normalized spacial score (nSPS) is 12.9. The lowest BCUT2D eigenvalue weighted by Crippen LogP contribution is -2.46. The number of amides is 1. The van der Waals surface area contributed by atoms with Crippen LogP contribution in [-0.2, 0) is 4.79 Å². The predicted molar refractivity (Wildman–Crippen MR) is 70.6 cm³/mol. The molecule has 0 heterocycles. The number of hydrogen-bond donors (Lipinski definition) is 1. The quantitative estimate of drug-likeness (QED) is 0.786. The summed E-state index contributed by atoms with van der Waals surface area (Å²) in [5, 5.41) is 2.90. The fraction of sp³-hybridized carbons (Fsp3) is 0.909. The molecule has 0 aromatic carbocycles. The molecule has 0 fully saturated rings. The van der Waals surface area contributed by atoms with Gasteiger partial charge in [-0.25, -0.2) is 0 Å². The standard InChI is InChI=1S/C11H24N2O.H2S/c1-8(2)13(9(3)4)7-10(5)12-11(6)14;/h8-10H,7H2,1-6H3,(H,12,14);1H2/t10-;/m0./s1. The van der Waals surface area contributed by atoms with Crippen LogP contribution in [0.5, 0.6) is 0 Å². The summed E-state index contributed by atoms with van der Waals surface area (Å²) in [4.78, 5) is 13.2. The fourth-order valence-corrected chi connectivity index (χ4v) is 1.73. The van der Waals surface area contributed by atoms with Crippen LogP contribution >= 0.6 is 13.5 Å². The summed E-state index contributed by atoms with van der Waals surface area (Å²) in [7, 11) is 0. The van der Waals surface area contributed by atoms with E-state index in [1.807, 2.05) is 6.92 Å². The summed E-state index contributed by atoms with van der Waals surface area (Å²) in [6, 6.07) is 1.26. The molecule has 1 N–H and O–H groups in total. The molecule has 0 rings (SSSR count). The van der Waals surface area contributed by atoms with Gasteiger partial charge in [0.2, 0.25) is 5.91 Å². The molecule has 0 aromatic rings. The van der Waals surface area contributed by atoms with Gasteiger partial charge >= 0.3 is 0 Å². The van der Waals surface area contributed by atoms with E-state index in [1.54, 1.807) is 6.92 Å². The highest BCUT2D eigenvalue weighted by Crippen LogP contribution is 2.05. The van der Waals surface area contributed by atoms with Gasteiger partial charge in [-0.15, -0.1) is 0 Å². The Morgan fingerprint density at radius 3 is 1.80 bits per heavy atom. The second-order valence-electron chi connectivity index (χ2n) is 4.49. The van der Waals surface area contributed by atoms with Gasteiger partial charge < -0.3 is 5.32 Å². The van der Waals surface area contributed by atoms with Gasteiger partial charge in [0.15, 0.2) is 0 Å². The van der Waals surface area contributed by atoms with Crippen molar-refractivity contribution in [3.63, 3.8) is 0 Å². The van der Waals surface area contributed by atoms with E-state index in [-0.39, 0.29) is 25.4 Å². The van der Waals surface area contributed by atoms with Crippen molar-refractivity contribution < 1.29 is 4.79 Å². The number of hydrogen-bond acceptors (Lipinski definition) is 2. The van der Waals surface area contributed by atoms with Crippen LogP contribution in [0, 0.1) is 0 Å².